The van der Waals surface area contributed by atoms with Gasteiger partial charge in [-0.2, -0.15) is 5.10 Å². The Kier molecular flexibility index (Phi) is 11.6. The van der Waals surface area contributed by atoms with Crippen molar-refractivity contribution in [2.45, 2.75) is 26.5 Å². The van der Waals surface area contributed by atoms with Crippen LogP contribution in [0.3, 0.4) is 0 Å². The fraction of sp³-hybridized carbons (Fsp3) is 0.226. The highest BCUT2D eigenvalue weighted by atomic mass is 79.9. The number of ether oxygens (including phenoxy) is 4. The van der Waals surface area contributed by atoms with E-state index in [0.29, 0.717) is 54.8 Å². The van der Waals surface area contributed by atoms with Crippen LogP contribution in [0.15, 0.2) is 81.5 Å². The van der Waals surface area contributed by atoms with Crippen molar-refractivity contribution >= 4 is 57.0 Å². The van der Waals surface area contributed by atoms with E-state index in [0.717, 1.165) is 0 Å². The molecule has 0 aliphatic carbocycles. The quantitative estimate of drug-likeness (QED) is 0.0732. The molecular weight excluding hydrogens is 682 g/mol. The molecule has 1 aliphatic heterocycles. The Morgan fingerprint density at radius 3 is 2.63 bits per heavy atom. The molecule has 0 unspecified atom stereocenters. The number of halogens is 1. The molecule has 46 heavy (non-hydrogen) atoms. The Hall–Kier alpha value is -5.02. The van der Waals surface area contributed by atoms with Crippen LogP contribution >= 0.6 is 28.1 Å². The van der Waals surface area contributed by atoms with Gasteiger partial charge in [-0.05, 0) is 65.8 Å². The third kappa shape index (κ3) is 8.57. The molecule has 0 saturated carbocycles. The highest BCUT2D eigenvalue weighted by molar-refractivity contribution is 9.10. The number of hydrazone groups is 1. The Morgan fingerprint density at radius 1 is 1.11 bits per heavy atom. The van der Waals surface area contributed by atoms with Crippen molar-refractivity contribution in [3.63, 3.8) is 0 Å². The van der Waals surface area contributed by atoms with Crippen LogP contribution in [0.25, 0.3) is 0 Å². The van der Waals surface area contributed by atoms with Gasteiger partial charge in [-0.15, -0.1) is 0 Å². The van der Waals surface area contributed by atoms with Crippen molar-refractivity contribution in [1.29, 1.82) is 0 Å². The van der Waals surface area contributed by atoms with Gasteiger partial charge in [0, 0.05) is 33.4 Å². The monoisotopic (exact) mass is 711 g/mol. The number of methoxy groups -OCH3 is 1. The molecule has 1 amide bonds. The standard InChI is InChI=1S/C31H30BrN5O8S/c1-4-43-30(39)28-18(2)34-31(46)35-29(28)22-10-5-6-11-24(22)45-17-27(38)36-33-15-20-13-25(42-3)26(14-23(20)32)44-16-19-8-7-9-21(12-19)37(40)41/h5-15,29H,4,16-17H2,1-3H3,(H,36,38)(H2,34,35,46)/t29-/m1/s1. The maximum Gasteiger partial charge on any atom is 0.338 e. The molecule has 4 rings (SSSR count). The van der Waals surface area contributed by atoms with E-state index >= 15 is 0 Å². The predicted molar refractivity (Wildman–Crippen MR) is 177 cm³/mol. The van der Waals surface area contributed by atoms with E-state index in [4.69, 9.17) is 31.2 Å². The first kappa shape index (κ1) is 33.9. The minimum Gasteiger partial charge on any atom is -0.493 e. The molecule has 13 nitrogen and oxygen atoms in total. The minimum absolute atomic E-state index is 0.0312. The summed E-state index contributed by atoms with van der Waals surface area (Å²) in [6, 6.07) is 15.8. The van der Waals surface area contributed by atoms with Crippen LogP contribution in [-0.4, -0.2) is 48.5 Å². The first-order chi connectivity index (χ1) is 22.1. The Bertz CT molecular complexity index is 1710. The summed E-state index contributed by atoms with van der Waals surface area (Å²) in [6.07, 6.45) is 1.42. The van der Waals surface area contributed by atoms with Crippen LogP contribution < -0.4 is 30.3 Å². The second-order valence-electron chi connectivity index (χ2n) is 9.65. The van der Waals surface area contributed by atoms with E-state index in [9.17, 15) is 19.7 Å². The number of nitro groups is 1. The van der Waals surface area contributed by atoms with Crippen molar-refractivity contribution in [1.82, 2.24) is 16.1 Å². The summed E-state index contributed by atoms with van der Waals surface area (Å²) in [5.74, 6) is 0.121. The summed E-state index contributed by atoms with van der Waals surface area (Å²) in [6.45, 7) is 3.37. The number of rotatable bonds is 13. The molecule has 0 aromatic heterocycles. The van der Waals surface area contributed by atoms with E-state index in [1.54, 1.807) is 62.4 Å². The number of allylic oxidation sites excluding steroid dienone is 1. The van der Waals surface area contributed by atoms with Gasteiger partial charge in [0.15, 0.2) is 23.2 Å². The zero-order valence-electron chi connectivity index (χ0n) is 25.0. The normalized spacial score (nSPS) is 14.3. The molecule has 3 aromatic rings. The topological polar surface area (TPSA) is 163 Å². The summed E-state index contributed by atoms with van der Waals surface area (Å²) in [7, 11) is 1.47. The number of para-hydroxylation sites is 1. The summed E-state index contributed by atoms with van der Waals surface area (Å²) >= 11 is 8.78. The highest BCUT2D eigenvalue weighted by Crippen LogP contribution is 2.35. The van der Waals surface area contributed by atoms with Gasteiger partial charge in [-0.25, -0.2) is 10.2 Å². The largest absolute Gasteiger partial charge is 0.493 e. The number of benzene rings is 3. The molecule has 15 heteroatoms. The van der Waals surface area contributed by atoms with E-state index in [1.807, 2.05) is 0 Å². The number of non-ortho nitro benzene ring substituents is 1. The molecule has 0 saturated heterocycles. The third-order valence-corrected chi connectivity index (χ3v) is 7.45. The fourth-order valence-corrected chi connectivity index (χ4v) is 5.15. The lowest BCUT2D eigenvalue weighted by atomic mass is 9.95. The zero-order valence-corrected chi connectivity index (χ0v) is 27.4. The molecule has 0 radical (unpaired) electrons. The predicted octanol–water partition coefficient (Wildman–Crippen LogP) is 4.83. The Morgan fingerprint density at radius 2 is 1.89 bits per heavy atom. The van der Waals surface area contributed by atoms with E-state index in [2.05, 4.69) is 37.1 Å². The van der Waals surface area contributed by atoms with Crippen LogP contribution in [0.5, 0.6) is 17.2 Å². The highest BCUT2D eigenvalue weighted by Gasteiger charge is 2.32. The number of carbonyl (C=O) groups excluding carboxylic acids is 2. The number of hydrogen-bond acceptors (Lipinski definition) is 10. The summed E-state index contributed by atoms with van der Waals surface area (Å²) in [4.78, 5) is 36.0. The average molecular weight is 713 g/mol. The van der Waals surface area contributed by atoms with Gasteiger partial charge in [0.2, 0.25) is 0 Å². The summed E-state index contributed by atoms with van der Waals surface area (Å²) in [5, 5.41) is 21.4. The first-order valence-electron chi connectivity index (χ1n) is 13.8. The molecule has 1 atom stereocenters. The number of amides is 1. The number of thiocarbonyl (C=S) groups is 1. The number of hydrogen-bond donors (Lipinski definition) is 3. The lowest BCUT2D eigenvalue weighted by Gasteiger charge is -2.30. The molecule has 3 N–H and O–H groups in total. The summed E-state index contributed by atoms with van der Waals surface area (Å²) in [5.41, 5.74) is 5.08. The number of esters is 1. The molecule has 240 valence electrons. The second kappa shape index (κ2) is 15.8. The van der Waals surface area contributed by atoms with E-state index in [-0.39, 0.29) is 25.5 Å². The zero-order chi connectivity index (χ0) is 33.2. The summed E-state index contributed by atoms with van der Waals surface area (Å²) < 4.78 is 23.0. The minimum atomic E-state index is -0.657. The van der Waals surface area contributed by atoms with Crippen LogP contribution in [-0.2, 0) is 20.9 Å². The Balaban J connectivity index is 1.40. The smallest absolute Gasteiger partial charge is 0.338 e. The number of nitrogens with zero attached hydrogens (tertiary/aromatic N) is 2. The van der Waals surface area contributed by atoms with Crippen molar-refractivity contribution in [2.24, 2.45) is 5.10 Å². The maximum absolute atomic E-state index is 12.8. The number of nitrogens with one attached hydrogen (secondary N) is 3. The van der Waals surface area contributed by atoms with Gasteiger partial charge in [0.1, 0.15) is 12.4 Å². The lowest BCUT2D eigenvalue weighted by Crippen LogP contribution is -2.45. The van der Waals surface area contributed by atoms with Gasteiger partial charge in [0.05, 0.1) is 36.5 Å². The average Bonchev–Trinajstić information content (AvgIpc) is 3.03. The molecular formula is C31H30BrN5O8S. The van der Waals surface area contributed by atoms with E-state index < -0.39 is 22.8 Å². The van der Waals surface area contributed by atoms with Gasteiger partial charge >= 0.3 is 5.97 Å². The molecule has 1 heterocycles. The number of nitro benzene ring substituents is 1. The second-order valence-corrected chi connectivity index (χ2v) is 10.9. The van der Waals surface area contributed by atoms with Gasteiger partial charge in [0.25, 0.3) is 11.6 Å². The van der Waals surface area contributed by atoms with Crippen molar-refractivity contribution < 1.29 is 33.5 Å². The lowest BCUT2D eigenvalue weighted by molar-refractivity contribution is -0.384. The maximum atomic E-state index is 12.8. The van der Waals surface area contributed by atoms with Crippen LogP contribution in [0.2, 0.25) is 0 Å². The number of carbonyl (C=O) groups is 2. The SMILES string of the molecule is CCOC(=O)C1=C(C)NC(=S)N[C@@H]1c1ccccc1OCC(=O)NN=Cc1cc(OC)c(OCc2cccc([N+](=O)[O-])c2)cc1Br. The van der Waals surface area contributed by atoms with Crippen molar-refractivity contribution in [2.75, 3.05) is 20.3 Å². The van der Waals surface area contributed by atoms with Crippen LogP contribution in [0.1, 0.15) is 36.6 Å². The molecule has 0 bridgehead atoms. The molecule has 3 aromatic carbocycles. The van der Waals surface area contributed by atoms with E-state index in [1.165, 1.54) is 25.5 Å². The van der Waals surface area contributed by atoms with Crippen LogP contribution in [0, 0.1) is 10.1 Å². The molecule has 1 aliphatic rings. The van der Waals surface area contributed by atoms with Crippen molar-refractivity contribution in [3.05, 3.63) is 103 Å². The first-order valence-corrected chi connectivity index (χ1v) is 15.0. The van der Waals surface area contributed by atoms with Gasteiger partial charge in [-0.1, -0.05) is 30.3 Å². The third-order valence-electron chi connectivity index (χ3n) is 6.54. The van der Waals surface area contributed by atoms with Gasteiger partial charge in [-0.3, -0.25) is 14.9 Å². The Labute approximate surface area is 278 Å². The molecule has 0 spiro atoms. The fourth-order valence-electron chi connectivity index (χ4n) is 4.45. The van der Waals surface area contributed by atoms with Crippen LogP contribution in [0.4, 0.5) is 5.69 Å². The van der Waals surface area contributed by atoms with Gasteiger partial charge < -0.3 is 29.6 Å². The molecule has 0 fully saturated rings. The van der Waals surface area contributed by atoms with Crippen molar-refractivity contribution in [3.8, 4) is 17.2 Å².